The van der Waals surface area contributed by atoms with Crippen LogP contribution in [-0.4, -0.2) is 14.7 Å². The third kappa shape index (κ3) is 3.73. The first-order chi connectivity index (χ1) is 9.83. The molecule has 0 fully saturated rings. The number of hydrogen-bond acceptors (Lipinski definition) is 3. The monoisotopic (exact) mass is 341 g/mol. The van der Waals surface area contributed by atoms with Crippen LogP contribution in [0.2, 0.25) is 5.02 Å². The molecule has 6 heteroatoms. The number of rotatable bonds is 4. The molecule has 2 aromatic rings. The van der Waals surface area contributed by atoms with Gasteiger partial charge in [0.2, 0.25) is 0 Å². The summed E-state index contributed by atoms with van der Waals surface area (Å²) in [6, 6.07) is 10.5. The molecule has 0 aromatic heterocycles. The van der Waals surface area contributed by atoms with Crippen molar-refractivity contribution in [3.63, 3.8) is 0 Å². The first-order valence-electron chi connectivity index (χ1n) is 6.27. The molecule has 0 heterocycles. The van der Waals surface area contributed by atoms with Gasteiger partial charge in [0.05, 0.1) is 5.69 Å². The molecule has 0 spiro atoms. The molecule has 0 aliphatic rings. The average Bonchev–Trinajstić information content (AvgIpc) is 2.42. The molecule has 2 aromatic carbocycles. The van der Waals surface area contributed by atoms with Crippen LogP contribution in [0, 0.1) is 13.8 Å². The van der Waals surface area contributed by atoms with Crippen LogP contribution in [0.15, 0.2) is 46.2 Å². The largest absolute Gasteiger partial charge is 0.279 e. The number of benzene rings is 2. The van der Waals surface area contributed by atoms with Crippen molar-refractivity contribution in [2.75, 3.05) is 11.0 Å². The van der Waals surface area contributed by atoms with Gasteiger partial charge in [0.1, 0.15) is 4.90 Å². The van der Waals surface area contributed by atoms with Crippen LogP contribution >= 0.6 is 23.4 Å². The fraction of sp³-hybridized carbons (Fsp3) is 0.200. The van der Waals surface area contributed by atoms with Gasteiger partial charge in [-0.05, 0) is 55.5 Å². The minimum atomic E-state index is -3.67. The highest BCUT2D eigenvalue weighted by Gasteiger charge is 2.19. The Morgan fingerprint density at radius 2 is 1.81 bits per heavy atom. The molecule has 1 N–H and O–H groups in total. The smallest absolute Gasteiger partial charge is 0.263 e. The number of nitrogens with one attached hydrogen (secondary N) is 1. The predicted octanol–water partition coefficient (Wildman–Crippen LogP) is 4.48. The van der Waals surface area contributed by atoms with Crippen LogP contribution in [-0.2, 0) is 10.0 Å². The Bertz CT molecular complexity index is 773. The summed E-state index contributed by atoms with van der Waals surface area (Å²) in [6.07, 6.45) is 1.83. The summed E-state index contributed by atoms with van der Waals surface area (Å²) in [4.78, 5) is 0.862. The molecular formula is C15H16ClNO2S2. The minimum Gasteiger partial charge on any atom is -0.279 e. The molecule has 112 valence electrons. The van der Waals surface area contributed by atoms with E-state index >= 15 is 0 Å². The third-order valence-electron chi connectivity index (χ3n) is 3.05. The van der Waals surface area contributed by atoms with E-state index in [1.54, 1.807) is 12.1 Å². The number of anilines is 1. The summed E-state index contributed by atoms with van der Waals surface area (Å²) in [7, 11) is -3.67. The molecular weight excluding hydrogens is 326 g/mol. The van der Waals surface area contributed by atoms with Crippen LogP contribution in [0.5, 0.6) is 0 Å². The third-order valence-corrected chi connectivity index (χ3v) is 5.62. The molecule has 0 aliphatic heterocycles. The zero-order valence-electron chi connectivity index (χ0n) is 12.0. The van der Waals surface area contributed by atoms with Gasteiger partial charge in [-0.15, -0.1) is 11.8 Å². The van der Waals surface area contributed by atoms with Crippen molar-refractivity contribution in [1.82, 2.24) is 0 Å². The van der Waals surface area contributed by atoms with Gasteiger partial charge in [-0.3, -0.25) is 4.72 Å². The second kappa shape index (κ2) is 6.30. The number of thioether (sulfide) groups is 1. The SMILES string of the molecule is CSc1ccc(Cl)cc1S(=O)(=O)Nc1cc(C)ccc1C. The van der Waals surface area contributed by atoms with Crippen molar-refractivity contribution < 1.29 is 8.42 Å². The van der Waals surface area contributed by atoms with Gasteiger partial charge in [-0.2, -0.15) is 0 Å². The average molecular weight is 342 g/mol. The molecule has 0 aliphatic carbocycles. The van der Waals surface area contributed by atoms with Crippen molar-refractivity contribution in [2.24, 2.45) is 0 Å². The normalized spacial score (nSPS) is 11.4. The Kier molecular flexibility index (Phi) is 4.86. The summed E-state index contributed by atoms with van der Waals surface area (Å²) in [5.74, 6) is 0. The van der Waals surface area contributed by atoms with Crippen molar-refractivity contribution >= 4 is 39.1 Å². The van der Waals surface area contributed by atoms with E-state index in [4.69, 9.17) is 11.6 Å². The molecule has 0 amide bonds. The van der Waals surface area contributed by atoms with Crippen LogP contribution in [0.1, 0.15) is 11.1 Å². The lowest BCUT2D eigenvalue weighted by atomic mass is 10.1. The first-order valence-corrected chi connectivity index (χ1v) is 9.35. The van der Waals surface area contributed by atoms with E-state index in [1.807, 2.05) is 38.3 Å². The van der Waals surface area contributed by atoms with Gasteiger partial charge in [0.25, 0.3) is 10.0 Å². The van der Waals surface area contributed by atoms with Crippen molar-refractivity contribution in [3.8, 4) is 0 Å². The molecule has 3 nitrogen and oxygen atoms in total. The Morgan fingerprint density at radius 3 is 2.48 bits per heavy atom. The van der Waals surface area contributed by atoms with Gasteiger partial charge in [0.15, 0.2) is 0 Å². The fourth-order valence-electron chi connectivity index (χ4n) is 1.91. The predicted molar refractivity (Wildman–Crippen MR) is 90.0 cm³/mol. The maximum atomic E-state index is 12.6. The molecule has 0 saturated heterocycles. The Morgan fingerprint density at radius 1 is 1.10 bits per heavy atom. The molecule has 21 heavy (non-hydrogen) atoms. The van der Waals surface area contributed by atoms with E-state index in [9.17, 15) is 8.42 Å². The Labute approximate surface area is 134 Å². The molecule has 0 radical (unpaired) electrons. The molecule has 0 unspecified atom stereocenters. The number of hydrogen-bond donors (Lipinski definition) is 1. The Hall–Kier alpha value is -1.17. The van der Waals surface area contributed by atoms with Crippen LogP contribution in [0.25, 0.3) is 0 Å². The number of aryl methyl sites for hydroxylation is 2. The lowest BCUT2D eigenvalue weighted by Crippen LogP contribution is -2.15. The van der Waals surface area contributed by atoms with E-state index in [2.05, 4.69) is 4.72 Å². The summed E-state index contributed by atoms with van der Waals surface area (Å²) < 4.78 is 27.9. The fourth-order valence-corrected chi connectivity index (χ4v) is 4.42. The molecule has 0 atom stereocenters. The standard InChI is InChI=1S/C15H16ClNO2S2/c1-10-4-5-11(2)13(8-10)17-21(18,19)15-9-12(16)6-7-14(15)20-3/h4-9,17H,1-3H3. The van der Waals surface area contributed by atoms with E-state index in [0.29, 0.717) is 15.6 Å². The van der Waals surface area contributed by atoms with E-state index < -0.39 is 10.0 Å². The zero-order valence-corrected chi connectivity index (χ0v) is 14.4. The topological polar surface area (TPSA) is 46.2 Å². The maximum Gasteiger partial charge on any atom is 0.263 e. The van der Waals surface area contributed by atoms with Crippen molar-refractivity contribution in [1.29, 1.82) is 0 Å². The molecule has 2 rings (SSSR count). The van der Waals surface area contributed by atoms with Crippen molar-refractivity contribution in [3.05, 3.63) is 52.5 Å². The molecule has 0 saturated carbocycles. The second-order valence-corrected chi connectivity index (χ2v) is 7.65. The van der Waals surface area contributed by atoms with Gasteiger partial charge in [-0.25, -0.2) is 8.42 Å². The second-order valence-electron chi connectivity index (χ2n) is 4.72. The highest BCUT2D eigenvalue weighted by atomic mass is 35.5. The lowest BCUT2D eigenvalue weighted by molar-refractivity contribution is 0.599. The van der Waals surface area contributed by atoms with Gasteiger partial charge in [0, 0.05) is 9.92 Å². The maximum absolute atomic E-state index is 12.6. The Balaban J connectivity index is 2.48. The summed E-state index contributed by atoms with van der Waals surface area (Å²) in [5, 5.41) is 0.397. The summed E-state index contributed by atoms with van der Waals surface area (Å²) in [5.41, 5.74) is 2.45. The van der Waals surface area contributed by atoms with Crippen LogP contribution < -0.4 is 4.72 Å². The minimum absolute atomic E-state index is 0.198. The van der Waals surface area contributed by atoms with Crippen LogP contribution in [0.3, 0.4) is 0 Å². The van der Waals surface area contributed by atoms with Crippen molar-refractivity contribution in [2.45, 2.75) is 23.6 Å². The first kappa shape index (κ1) is 16.2. The van der Waals surface area contributed by atoms with Crippen LogP contribution in [0.4, 0.5) is 5.69 Å². The van der Waals surface area contributed by atoms with E-state index in [-0.39, 0.29) is 4.90 Å². The van der Waals surface area contributed by atoms with Gasteiger partial charge in [-0.1, -0.05) is 23.7 Å². The number of sulfonamides is 1. The zero-order chi connectivity index (χ0) is 15.6. The number of halogens is 1. The molecule has 0 bridgehead atoms. The lowest BCUT2D eigenvalue weighted by Gasteiger charge is -2.13. The van der Waals surface area contributed by atoms with E-state index in [1.165, 1.54) is 17.8 Å². The highest BCUT2D eigenvalue weighted by Crippen LogP contribution is 2.30. The summed E-state index contributed by atoms with van der Waals surface area (Å²) >= 11 is 7.31. The highest BCUT2D eigenvalue weighted by molar-refractivity contribution is 7.99. The quantitative estimate of drug-likeness (QED) is 0.834. The van der Waals surface area contributed by atoms with Gasteiger partial charge >= 0.3 is 0 Å². The van der Waals surface area contributed by atoms with E-state index in [0.717, 1.165) is 11.1 Å². The van der Waals surface area contributed by atoms with Gasteiger partial charge < -0.3 is 0 Å². The summed E-state index contributed by atoms with van der Waals surface area (Å²) in [6.45, 7) is 3.79.